The predicted octanol–water partition coefficient (Wildman–Crippen LogP) is 1.64. The number of benzene rings is 1. The number of hydrogen-bond acceptors (Lipinski definition) is 5. The highest BCUT2D eigenvalue weighted by Crippen LogP contribution is 2.40. The van der Waals surface area contributed by atoms with Crippen LogP contribution in [0, 0.1) is 0 Å². The molecule has 2 amide bonds. The summed E-state index contributed by atoms with van der Waals surface area (Å²) in [4.78, 5) is 10.9. The summed E-state index contributed by atoms with van der Waals surface area (Å²) >= 11 is 0. The Kier molecular flexibility index (Phi) is 3.93. The molecule has 7 nitrogen and oxygen atoms in total. The van der Waals surface area contributed by atoms with Gasteiger partial charge < -0.3 is 19.9 Å². The molecular weight excluding hydrogens is 274 g/mol. The van der Waals surface area contributed by atoms with Gasteiger partial charge in [0.25, 0.3) is 0 Å². The molecule has 0 fully saturated rings. The van der Waals surface area contributed by atoms with Crippen LogP contribution >= 0.6 is 0 Å². The lowest BCUT2D eigenvalue weighted by molar-refractivity contribution is 0.110. The van der Waals surface area contributed by atoms with Crippen LogP contribution in [0.25, 0.3) is 0 Å². The lowest BCUT2D eigenvalue weighted by Gasteiger charge is -2.33. The second-order valence-electron chi connectivity index (χ2n) is 5.28. The average Bonchev–Trinajstić information content (AvgIpc) is 2.42. The second kappa shape index (κ2) is 5.51. The average molecular weight is 293 g/mol. The van der Waals surface area contributed by atoms with Crippen molar-refractivity contribution in [1.29, 1.82) is 0 Å². The molecule has 0 saturated heterocycles. The van der Waals surface area contributed by atoms with Crippen molar-refractivity contribution in [3.63, 3.8) is 0 Å². The van der Waals surface area contributed by atoms with Crippen LogP contribution in [-0.2, 0) is 0 Å². The van der Waals surface area contributed by atoms with Crippen LogP contribution in [0.1, 0.15) is 25.8 Å². The van der Waals surface area contributed by atoms with E-state index in [1.807, 2.05) is 13.8 Å². The van der Waals surface area contributed by atoms with Gasteiger partial charge in [-0.2, -0.15) is 5.10 Å². The molecule has 1 aliphatic rings. The molecule has 1 aromatic rings. The fraction of sp³-hybridized carbons (Fsp3) is 0.429. The van der Waals surface area contributed by atoms with Crippen LogP contribution in [0.2, 0.25) is 0 Å². The zero-order chi connectivity index (χ0) is 15.6. The van der Waals surface area contributed by atoms with Crippen molar-refractivity contribution < 1.29 is 19.0 Å². The van der Waals surface area contributed by atoms with Gasteiger partial charge in [0.15, 0.2) is 11.5 Å². The van der Waals surface area contributed by atoms with Crippen molar-refractivity contribution in [2.45, 2.75) is 25.9 Å². The highest BCUT2D eigenvalue weighted by molar-refractivity contribution is 6.05. The number of hydrogen-bond donors (Lipinski definition) is 2. The molecule has 1 aromatic carbocycles. The number of methoxy groups -OCH3 is 2. The van der Waals surface area contributed by atoms with Gasteiger partial charge in [-0.1, -0.05) is 0 Å². The van der Waals surface area contributed by atoms with Gasteiger partial charge in [0, 0.05) is 18.1 Å². The van der Waals surface area contributed by atoms with Crippen LogP contribution in [0.5, 0.6) is 17.2 Å². The molecule has 0 aromatic heterocycles. The molecule has 21 heavy (non-hydrogen) atoms. The Balaban J connectivity index is 2.53. The molecule has 0 aliphatic carbocycles. The van der Waals surface area contributed by atoms with Crippen LogP contribution in [-0.4, -0.2) is 31.6 Å². The molecule has 1 heterocycles. The van der Waals surface area contributed by atoms with Crippen molar-refractivity contribution >= 4 is 11.7 Å². The van der Waals surface area contributed by atoms with Gasteiger partial charge in [-0.3, -0.25) is 0 Å². The topological polar surface area (TPSA) is 95.2 Å². The number of ether oxygens (including phenoxy) is 3. The number of carbonyl (C=O) groups is 1. The number of nitrogens with one attached hydrogen (secondary N) is 1. The van der Waals surface area contributed by atoms with E-state index in [1.165, 1.54) is 0 Å². The summed E-state index contributed by atoms with van der Waals surface area (Å²) in [5, 5.41) is 4.07. The molecule has 2 rings (SSSR count). The minimum atomic E-state index is -0.714. The summed E-state index contributed by atoms with van der Waals surface area (Å²) in [6, 6.07) is 2.80. The summed E-state index contributed by atoms with van der Waals surface area (Å²) in [6.45, 7) is 3.87. The van der Waals surface area contributed by atoms with E-state index in [1.54, 1.807) is 26.4 Å². The number of nitrogens with two attached hydrogens (primary N) is 1. The van der Waals surface area contributed by atoms with E-state index in [0.29, 0.717) is 29.4 Å². The standard InChI is InChI=1S/C14H19N3O4/c1-14(2)7-9(16-17-13(15)18)8-5-11(19-3)12(20-4)6-10(8)21-14/h5-6H,7H2,1-4H3,(H3,15,17,18). The first-order valence-electron chi connectivity index (χ1n) is 6.43. The smallest absolute Gasteiger partial charge is 0.332 e. The summed E-state index contributed by atoms with van der Waals surface area (Å²) in [5.74, 6) is 1.75. The first-order chi connectivity index (χ1) is 9.86. The lowest BCUT2D eigenvalue weighted by Crippen LogP contribution is -2.37. The normalized spacial score (nSPS) is 17.6. The van der Waals surface area contributed by atoms with E-state index >= 15 is 0 Å². The molecule has 3 N–H and O–H groups in total. The minimum Gasteiger partial charge on any atom is -0.493 e. The number of rotatable bonds is 3. The summed E-state index contributed by atoms with van der Waals surface area (Å²) < 4.78 is 16.5. The van der Waals surface area contributed by atoms with Crippen molar-refractivity contribution in [3.05, 3.63) is 17.7 Å². The van der Waals surface area contributed by atoms with Crippen molar-refractivity contribution in [2.75, 3.05) is 14.2 Å². The fourth-order valence-electron chi connectivity index (χ4n) is 2.22. The van der Waals surface area contributed by atoms with Crippen LogP contribution < -0.4 is 25.4 Å². The minimum absolute atomic E-state index is 0.454. The number of nitrogens with zero attached hydrogens (tertiary/aromatic N) is 1. The van der Waals surface area contributed by atoms with Gasteiger partial charge >= 0.3 is 6.03 Å². The van der Waals surface area contributed by atoms with Gasteiger partial charge in [-0.25, -0.2) is 10.2 Å². The van der Waals surface area contributed by atoms with E-state index in [2.05, 4.69) is 10.5 Å². The van der Waals surface area contributed by atoms with Gasteiger partial charge in [-0.05, 0) is 19.9 Å². The predicted molar refractivity (Wildman–Crippen MR) is 78.1 cm³/mol. The molecule has 0 saturated carbocycles. The first kappa shape index (κ1) is 15.0. The maximum atomic E-state index is 10.9. The van der Waals surface area contributed by atoms with Crippen LogP contribution in [0.15, 0.2) is 17.2 Å². The third-order valence-electron chi connectivity index (χ3n) is 3.08. The molecule has 7 heteroatoms. The number of urea groups is 1. The monoisotopic (exact) mass is 293 g/mol. The first-order valence-corrected chi connectivity index (χ1v) is 6.43. The summed E-state index contributed by atoms with van der Waals surface area (Å²) in [5.41, 5.74) is 8.28. The quantitative estimate of drug-likeness (QED) is 0.828. The van der Waals surface area contributed by atoms with E-state index in [-0.39, 0.29) is 0 Å². The molecule has 0 atom stereocenters. The van der Waals surface area contributed by atoms with Gasteiger partial charge in [0.2, 0.25) is 0 Å². The Morgan fingerprint density at radius 2 is 1.95 bits per heavy atom. The maximum absolute atomic E-state index is 10.9. The number of carbonyl (C=O) groups excluding carboxylic acids is 1. The largest absolute Gasteiger partial charge is 0.493 e. The van der Waals surface area contributed by atoms with Crippen molar-refractivity contribution in [1.82, 2.24) is 5.43 Å². The molecule has 0 unspecified atom stereocenters. The van der Waals surface area contributed by atoms with Gasteiger partial charge in [0.05, 0.1) is 19.9 Å². The summed E-state index contributed by atoms with van der Waals surface area (Å²) in [7, 11) is 3.11. The Morgan fingerprint density at radius 1 is 1.33 bits per heavy atom. The third-order valence-corrected chi connectivity index (χ3v) is 3.08. The molecular formula is C14H19N3O4. The van der Waals surface area contributed by atoms with E-state index in [4.69, 9.17) is 19.9 Å². The third kappa shape index (κ3) is 3.18. The Morgan fingerprint density at radius 3 is 2.52 bits per heavy atom. The number of fused-ring (bicyclic) bond motifs is 1. The molecule has 0 bridgehead atoms. The Labute approximate surface area is 123 Å². The SMILES string of the molecule is COc1cc2c(cc1OC)C(=NNC(N)=O)CC(C)(C)O2. The zero-order valence-electron chi connectivity index (χ0n) is 12.5. The zero-order valence-corrected chi connectivity index (χ0v) is 12.5. The highest BCUT2D eigenvalue weighted by atomic mass is 16.5. The van der Waals surface area contributed by atoms with E-state index in [0.717, 1.165) is 5.56 Å². The summed E-state index contributed by atoms with van der Waals surface area (Å²) in [6.07, 6.45) is 0.524. The van der Waals surface area contributed by atoms with Crippen LogP contribution in [0.3, 0.4) is 0 Å². The van der Waals surface area contributed by atoms with E-state index < -0.39 is 11.6 Å². The molecule has 0 radical (unpaired) electrons. The lowest BCUT2D eigenvalue weighted by atomic mass is 9.92. The fourth-order valence-corrected chi connectivity index (χ4v) is 2.22. The number of hydrazone groups is 1. The van der Waals surface area contributed by atoms with Gasteiger partial charge in [0.1, 0.15) is 11.4 Å². The van der Waals surface area contributed by atoms with E-state index in [9.17, 15) is 4.79 Å². The van der Waals surface area contributed by atoms with Crippen molar-refractivity contribution in [2.24, 2.45) is 10.8 Å². The van der Waals surface area contributed by atoms with Gasteiger partial charge in [-0.15, -0.1) is 0 Å². The molecule has 0 spiro atoms. The van der Waals surface area contributed by atoms with Crippen molar-refractivity contribution in [3.8, 4) is 17.2 Å². The Hall–Kier alpha value is -2.44. The second-order valence-corrected chi connectivity index (χ2v) is 5.28. The number of amides is 2. The Bertz CT molecular complexity index is 596. The number of primary amides is 1. The molecule has 114 valence electrons. The maximum Gasteiger partial charge on any atom is 0.332 e. The van der Waals surface area contributed by atoms with Crippen LogP contribution in [0.4, 0.5) is 4.79 Å². The highest BCUT2D eigenvalue weighted by Gasteiger charge is 2.32. The molecule has 1 aliphatic heterocycles.